The van der Waals surface area contributed by atoms with Crippen LogP contribution in [0.25, 0.3) is 0 Å². The van der Waals surface area contributed by atoms with Gasteiger partial charge >= 0.3 is 0 Å². The fourth-order valence-corrected chi connectivity index (χ4v) is 4.32. The molecule has 1 atom stereocenters. The predicted octanol–water partition coefficient (Wildman–Crippen LogP) is 3.00. The maximum Gasteiger partial charge on any atom is 0.224 e. The molecule has 27 heavy (non-hydrogen) atoms. The van der Waals surface area contributed by atoms with Crippen LogP contribution in [-0.2, 0) is 11.3 Å². The van der Waals surface area contributed by atoms with E-state index in [1.54, 1.807) is 0 Å². The molecule has 1 amide bonds. The molecule has 0 spiro atoms. The van der Waals surface area contributed by atoms with E-state index < -0.39 is 0 Å². The minimum atomic E-state index is 0.0920. The van der Waals surface area contributed by atoms with E-state index in [2.05, 4.69) is 48.0 Å². The minimum Gasteiger partial charge on any atom is -0.359 e. The molecule has 0 saturated carbocycles. The number of nitrogens with zero attached hydrogens (tertiary/aromatic N) is 3. The second-order valence-electron chi connectivity index (χ2n) is 8.79. The Kier molecular flexibility index (Phi) is 6.93. The molecule has 2 aliphatic heterocycles. The number of amides is 1. The second-order valence-corrected chi connectivity index (χ2v) is 8.79. The van der Waals surface area contributed by atoms with Gasteiger partial charge < -0.3 is 14.7 Å². The van der Waals surface area contributed by atoms with Crippen molar-refractivity contribution in [3.05, 3.63) is 17.5 Å². The molecule has 1 aromatic heterocycles. The van der Waals surface area contributed by atoms with Crippen LogP contribution in [0.5, 0.6) is 0 Å². The number of hydrogen-bond acceptors (Lipinski definition) is 5. The lowest BCUT2D eigenvalue weighted by molar-refractivity contribution is -0.127. The number of piperidine rings is 2. The maximum absolute atomic E-state index is 12.7. The summed E-state index contributed by atoms with van der Waals surface area (Å²) < 4.78 is 5.33. The third kappa shape index (κ3) is 5.32. The Hall–Kier alpha value is -1.40. The maximum atomic E-state index is 12.7. The molecule has 1 aromatic rings. The lowest BCUT2D eigenvalue weighted by Crippen LogP contribution is -2.51. The Morgan fingerprint density at radius 1 is 1.22 bits per heavy atom. The van der Waals surface area contributed by atoms with E-state index in [9.17, 15) is 4.79 Å². The van der Waals surface area contributed by atoms with Crippen LogP contribution in [0.1, 0.15) is 70.8 Å². The monoisotopic (exact) mass is 376 g/mol. The summed E-state index contributed by atoms with van der Waals surface area (Å²) >= 11 is 0. The smallest absolute Gasteiger partial charge is 0.224 e. The molecule has 0 unspecified atom stereocenters. The van der Waals surface area contributed by atoms with Gasteiger partial charge in [0.1, 0.15) is 0 Å². The fourth-order valence-electron chi connectivity index (χ4n) is 4.32. The summed E-state index contributed by atoms with van der Waals surface area (Å²) in [6.45, 7) is 13.5. The first-order valence-electron chi connectivity index (χ1n) is 10.6. The van der Waals surface area contributed by atoms with Gasteiger partial charge in [-0.25, -0.2) is 0 Å². The van der Waals surface area contributed by atoms with Crippen molar-refractivity contribution in [3.8, 4) is 0 Å². The van der Waals surface area contributed by atoms with Crippen molar-refractivity contribution in [1.82, 2.24) is 20.3 Å². The van der Waals surface area contributed by atoms with Gasteiger partial charge in [0.2, 0.25) is 5.91 Å². The molecule has 2 fully saturated rings. The molecular formula is C21H36N4O2. The van der Waals surface area contributed by atoms with Gasteiger partial charge in [-0.05, 0) is 65.1 Å². The first-order chi connectivity index (χ1) is 12.9. The zero-order valence-corrected chi connectivity index (χ0v) is 17.4. The van der Waals surface area contributed by atoms with Crippen molar-refractivity contribution in [3.63, 3.8) is 0 Å². The number of rotatable bonds is 6. The number of hydrogen-bond donors (Lipinski definition) is 1. The summed E-state index contributed by atoms with van der Waals surface area (Å²) in [6.07, 6.45) is 4.55. The largest absolute Gasteiger partial charge is 0.359 e. The summed E-state index contributed by atoms with van der Waals surface area (Å²) in [6, 6.07) is 3.22. The van der Waals surface area contributed by atoms with E-state index >= 15 is 0 Å². The van der Waals surface area contributed by atoms with Gasteiger partial charge in [-0.2, -0.15) is 0 Å². The first-order valence-corrected chi connectivity index (χ1v) is 10.6. The average Bonchev–Trinajstić information content (AvgIpc) is 3.16. The SMILES string of the molecule is CC(C)c1cc(CNC(=O)[C@@H]2CCCN(C3CCN(C(C)C)CC3)C2)on1. The predicted molar refractivity (Wildman–Crippen MR) is 106 cm³/mol. The number of likely N-dealkylation sites (tertiary alicyclic amines) is 2. The van der Waals surface area contributed by atoms with E-state index in [0.717, 1.165) is 37.4 Å². The molecule has 2 aliphatic rings. The van der Waals surface area contributed by atoms with Crippen LogP contribution in [0.3, 0.4) is 0 Å². The topological polar surface area (TPSA) is 61.6 Å². The summed E-state index contributed by atoms with van der Waals surface area (Å²) in [5, 5.41) is 7.12. The first kappa shape index (κ1) is 20.3. The standard InChI is InChI=1S/C21H36N4O2/c1-15(2)20-12-19(27-23-20)13-22-21(26)17-6-5-9-25(14-17)18-7-10-24(11-8-18)16(3)4/h12,15-18H,5-11,13-14H2,1-4H3,(H,22,26)/t17-/m1/s1. The number of aromatic nitrogens is 1. The summed E-state index contributed by atoms with van der Waals surface area (Å²) in [7, 11) is 0. The average molecular weight is 377 g/mol. The van der Waals surface area contributed by atoms with E-state index in [0.29, 0.717) is 24.5 Å². The molecule has 3 rings (SSSR count). The molecule has 1 N–H and O–H groups in total. The van der Waals surface area contributed by atoms with Crippen molar-refractivity contribution in [1.29, 1.82) is 0 Å². The molecule has 0 aromatic carbocycles. The highest BCUT2D eigenvalue weighted by Gasteiger charge is 2.32. The van der Waals surface area contributed by atoms with Gasteiger partial charge in [-0.15, -0.1) is 0 Å². The van der Waals surface area contributed by atoms with Crippen LogP contribution in [0.4, 0.5) is 0 Å². The zero-order valence-electron chi connectivity index (χ0n) is 17.4. The Morgan fingerprint density at radius 3 is 2.59 bits per heavy atom. The molecule has 0 radical (unpaired) electrons. The van der Waals surface area contributed by atoms with Crippen molar-refractivity contribution >= 4 is 5.91 Å². The Labute approximate surface area is 163 Å². The summed E-state index contributed by atoms with van der Waals surface area (Å²) in [5.74, 6) is 1.32. The third-order valence-corrected chi connectivity index (χ3v) is 6.17. The molecule has 2 saturated heterocycles. The highest BCUT2D eigenvalue weighted by molar-refractivity contribution is 5.78. The molecular weight excluding hydrogens is 340 g/mol. The van der Waals surface area contributed by atoms with Gasteiger partial charge in [-0.1, -0.05) is 19.0 Å². The molecule has 3 heterocycles. The van der Waals surface area contributed by atoms with Crippen molar-refractivity contribution < 1.29 is 9.32 Å². The van der Waals surface area contributed by atoms with Crippen LogP contribution >= 0.6 is 0 Å². The summed E-state index contributed by atoms with van der Waals surface area (Å²) in [5.41, 5.74) is 0.941. The van der Waals surface area contributed by atoms with Crippen LogP contribution in [-0.4, -0.2) is 59.1 Å². The molecule has 0 aliphatic carbocycles. The lowest BCUT2D eigenvalue weighted by atomic mass is 9.93. The third-order valence-electron chi connectivity index (χ3n) is 6.17. The van der Waals surface area contributed by atoms with Gasteiger partial charge in [0.25, 0.3) is 0 Å². The van der Waals surface area contributed by atoms with Gasteiger partial charge in [0.05, 0.1) is 18.2 Å². The Morgan fingerprint density at radius 2 is 1.96 bits per heavy atom. The Bertz CT molecular complexity index is 605. The van der Waals surface area contributed by atoms with Crippen molar-refractivity contribution in [2.24, 2.45) is 5.92 Å². The molecule has 0 bridgehead atoms. The van der Waals surface area contributed by atoms with E-state index in [4.69, 9.17) is 4.52 Å². The van der Waals surface area contributed by atoms with E-state index in [-0.39, 0.29) is 11.8 Å². The van der Waals surface area contributed by atoms with E-state index in [1.165, 1.54) is 25.9 Å². The van der Waals surface area contributed by atoms with Gasteiger partial charge in [0.15, 0.2) is 5.76 Å². The minimum absolute atomic E-state index is 0.0920. The zero-order chi connectivity index (χ0) is 19.4. The number of carbonyl (C=O) groups excluding carboxylic acids is 1. The van der Waals surface area contributed by atoms with E-state index in [1.807, 2.05) is 6.07 Å². The lowest BCUT2D eigenvalue weighted by Gasteiger charge is -2.43. The number of carbonyl (C=O) groups is 1. The van der Waals surface area contributed by atoms with Gasteiger partial charge in [-0.3, -0.25) is 9.69 Å². The van der Waals surface area contributed by atoms with Crippen LogP contribution in [0.2, 0.25) is 0 Å². The second kappa shape index (κ2) is 9.20. The van der Waals surface area contributed by atoms with Crippen molar-refractivity contribution in [2.45, 2.75) is 77.9 Å². The van der Waals surface area contributed by atoms with Crippen LogP contribution in [0, 0.1) is 5.92 Å². The summed E-state index contributed by atoms with van der Waals surface area (Å²) in [4.78, 5) is 17.8. The normalized spacial score (nSPS) is 23.3. The number of nitrogens with one attached hydrogen (secondary N) is 1. The molecule has 152 valence electrons. The van der Waals surface area contributed by atoms with Crippen LogP contribution in [0.15, 0.2) is 10.6 Å². The van der Waals surface area contributed by atoms with Gasteiger partial charge in [0, 0.05) is 24.7 Å². The van der Waals surface area contributed by atoms with Crippen molar-refractivity contribution in [2.75, 3.05) is 26.2 Å². The Balaban J connectivity index is 1.46. The highest BCUT2D eigenvalue weighted by atomic mass is 16.5. The quantitative estimate of drug-likeness (QED) is 0.827. The highest BCUT2D eigenvalue weighted by Crippen LogP contribution is 2.25. The molecule has 6 nitrogen and oxygen atoms in total. The fraction of sp³-hybridized carbons (Fsp3) is 0.810. The van der Waals surface area contributed by atoms with Crippen LogP contribution < -0.4 is 5.32 Å². The molecule has 6 heteroatoms.